The van der Waals surface area contributed by atoms with Crippen molar-refractivity contribution in [3.05, 3.63) is 29.3 Å². The number of rotatable bonds is 4. The minimum atomic E-state index is -0.777. The van der Waals surface area contributed by atoms with Gasteiger partial charge in [-0.1, -0.05) is 12.1 Å². The minimum absolute atomic E-state index is 0.521. The predicted octanol–water partition coefficient (Wildman–Crippen LogP) is 2.66. The van der Waals surface area contributed by atoms with Gasteiger partial charge >= 0.3 is 5.97 Å². The monoisotopic (exact) mass is 222 g/mol. The summed E-state index contributed by atoms with van der Waals surface area (Å²) in [4.78, 5) is 11.0. The smallest absolute Gasteiger partial charge is 0.309 e. The van der Waals surface area contributed by atoms with E-state index < -0.39 is 11.4 Å². The van der Waals surface area contributed by atoms with Crippen LogP contribution in [0.2, 0.25) is 0 Å². The molecule has 1 aromatic rings. The maximum Gasteiger partial charge on any atom is 0.309 e. The van der Waals surface area contributed by atoms with Crippen LogP contribution in [-0.2, 0) is 11.2 Å². The Balaban J connectivity index is 2.91. The zero-order valence-corrected chi connectivity index (χ0v) is 10.2. The van der Waals surface area contributed by atoms with Crippen LogP contribution in [0.3, 0.4) is 0 Å². The van der Waals surface area contributed by atoms with Gasteiger partial charge in [0.2, 0.25) is 0 Å². The Bertz CT molecular complexity index is 394. The van der Waals surface area contributed by atoms with Gasteiger partial charge in [0.05, 0.1) is 12.5 Å². The second-order valence-electron chi connectivity index (χ2n) is 4.67. The fraction of sp³-hybridized carbons (Fsp3) is 0.462. The maximum atomic E-state index is 11.0. The highest BCUT2D eigenvalue weighted by Crippen LogP contribution is 2.25. The highest BCUT2D eigenvalue weighted by molar-refractivity contribution is 5.74. The van der Waals surface area contributed by atoms with Crippen LogP contribution in [0.1, 0.15) is 25.0 Å². The number of aliphatic carboxylic acids is 1. The predicted molar refractivity (Wildman–Crippen MR) is 62.9 cm³/mol. The molecule has 0 heterocycles. The fourth-order valence-electron chi connectivity index (χ4n) is 1.64. The van der Waals surface area contributed by atoms with Gasteiger partial charge in [-0.2, -0.15) is 0 Å². The third-order valence-corrected chi connectivity index (χ3v) is 2.68. The normalized spacial score (nSPS) is 11.2. The van der Waals surface area contributed by atoms with Crippen LogP contribution < -0.4 is 4.74 Å². The second kappa shape index (κ2) is 4.56. The van der Waals surface area contributed by atoms with Crippen LogP contribution in [0, 0.1) is 12.3 Å². The molecule has 0 atom stereocenters. The number of ether oxygens (including phenoxy) is 1. The van der Waals surface area contributed by atoms with E-state index in [-0.39, 0.29) is 0 Å². The van der Waals surface area contributed by atoms with Gasteiger partial charge in [0, 0.05) is 0 Å². The highest BCUT2D eigenvalue weighted by atomic mass is 16.5. The molecule has 0 bridgehead atoms. The van der Waals surface area contributed by atoms with Crippen LogP contribution in [0.4, 0.5) is 0 Å². The molecule has 0 saturated heterocycles. The zero-order valence-electron chi connectivity index (χ0n) is 10.2. The molecule has 0 fully saturated rings. The summed E-state index contributed by atoms with van der Waals surface area (Å²) in [5, 5.41) is 9.05. The van der Waals surface area contributed by atoms with Crippen molar-refractivity contribution in [2.45, 2.75) is 27.2 Å². The van der Waals surface area contributed by atoms with E-state index in [9.17, 15) is 4.79 Å². The third-order valence-electron chi connectivity index (χ3n) is 2.68. The van der Waals surface area contributed by atoms with Crippen molar-refractivity contribution in [1.82, 2.24) is 0 Å². The lowest BCUT2D eigenvalue weighted by atomic mass is 9.85. The Morgan fingerprint density at radius 1 is 1.44 bits per heavy atom. The Labute approximate surface area is 96.1 Å². The molecule has 0 unspecified atom stereocenters. The lowest BCUT2D eigenvalue weighted by Crippen LogP contribution is -2.26. The van der Waals surface area contributed by atoms with Gasteiger partial charge in [-0.05, 0) is 44.4 Å². The summed E-state index contributed by atoms with van der Waals surface area (Å²) in [5.74, 6) is 0.0536. The van der Waals surface area contributed by atoms with Crippen LogP contribution in [0.15, 0.2) is 18.2 Å². The van der Waals surface area contributed by atoms with Gasteiger partial charge in [0.15, 0.2) is 0 Å². The van der Waals surface area contributed by atoms with Crippen molar-refractivity contribution in [3.63, 3.8) is 0 Å². The molecule has 0 aliphatic carbocycles. The zero-order chi connectivity index (χ0) is 12.3. The van der Waals surface area contributed by atoms with Gasteiger partial charge in [-0.15, -0.1) is 0 Å². The molecule has 0 spiro atoms. The Morgan fingerprint density at radius 3 is 2.50 bits per heavy atom. The van der Waals surface area contributed by atoms with Gasteiger partial charge < -0.3 is 9.84 Å². The molecule has 0 aliphatic rings. The van der Waals surface area contributed by atoms with Crippen LogP contribution >= 0.6 is 0 Å². The highest BCUT2D eigenvalue weighted by Gasteiger charge is 2.27. The molecule has 0 amide bonds. The number of methoxy groups -OCH3 is 1. The fourth-order valence-corrected chi connectivity index (χ4v) is 1.64. The quantitative estimate of drug-likeness (QED) is 0.851. The van der Waals surface area contributed by atoms with Gasteiger partial charge in [-0.3, -0.25) is 4.79 Å². The SMILES string of the molecule is COc1ccc(CC(C)(C)C(=O)O)cc1C. The largest absolute Gasteiger partial charge is 0.496 e. The van der Waals surface area contributed by atoms with Gasteiger partial charge in [0.25, 0.3) is 0 Å². The van der Waals surface area contributed by atoms with Crippen LogP contribution in [-0.4, -0.2) is 18.2 Å². The van der Waals surface area contributed by atoms with E-state index in [2.05, 4.69) is 0 Å². The lowest BCUT2D eigenvalue weighted by Gasteiger charge is -2.19. The molecule has 1 rings (SSSR count). The topological polar surface area (TPSA) is 46.5 Å². The number of hydrogen-bond acceptors (Lipinski definition) is 2. The van der Waals surface area contributed by atoms with E-state index in [0.717, 1.165) is 16.9 Å². The number of carboxylic acid groups (broad SMARTS) is 1. The van der Waals surface area contributed by atoms with E-state index in [0.29, 0.717) is 6.42 Å². The molecule has 0 aromatic heterocycles. The molecule has 0 aliphatic heterocycles. The van der Waals surface area contributed by atoms with E-state index >= 15 is 0 Å². The summed E-state index contributed by atoms with van der Waals surface area (Å²) in [7, 11) is 1.63. The minimum Gasteiger partial charge on any atom is -0.496 e. The van der Waals surface area contributed by atoms with E-state index in [4.69, 9.17) is 9.84 Å². The van der Waals surface area contributed by atoms with Crippen molar-refractivity contribution in [2.24, 2.45) is 5.41 Å². The Hall–Kier alpha value is -1.51. The van der Waals surface area contributed by atoms with Crippen LogP contribution in [0.5, 0.6) is 5.75 Å². The number of carbonyl (C=O) groups is 1. The van der Waals surface area contributed by atoms with E-state index in [1.165, 1.54) is 0 Å². The first-order valence-electron chi connectivity index (χ1n) is 5.24. The summed E-state index contributed by atoms with van der Waals surface area (Å²) in [5.41, 5.74) is 1.31. The standard InChI is InChI=1S/C13H18O3/c1-9-7-10(5-6-11(9)16-4)8-13(2,3)12(14)15/h5-7H,8H2,1-4H3,(H,14,15). The number of carboxylic acids is 1. The van der Waals surface area contributed by atoms with Crippen molar-refractivity contribution in [2.75, 3.05) is 7.11 Å². The van der Waals surface area contributed by atoms with Gasteiger partial charge in [-0.25, -0.2) is 0 Å². The summed E-state index contributed by atoms with van der Waals surface area (Å²) >= 11 is 0. The molecule has 1 N–H and O–H groups in total. The molecule has 0 radical (unpaired) electrons. The van der Waals surface area contributed by atoms with Crippen LogP contribution in [0.25, 0.3) is 0 Å². The summed E-state index contributed by atoms with van der Waals surface area (Å²) in [6, 6.07) is 5.77. The Morgan fingerprint density at radius 2 is 2.06 bits per heavy atom. The average molecular weight is 222 g/mol. The summed E-state index contributed by atoms with van der Waals surface area (Å²) in [6.45, 7) is 5.42. The lowest BCUT2D eigenvalue weighted by molar-refractivity contribution is -0.146. The number of hydrogen-bond donors (Lipinski definition) is 1. The Kier molecular flexibility index (Phi) is 3.58. The first-order chi connectivity index (χ1) is 7.36. The second-order valence-corrected chi connectivity index (χ2v) is 4.67. The molecule has 3 nitrogen and oxygen atoms in total. The number of aryl methyl sites for hydroxylation is 1. The average Bonchev–Trinajstić information content (AvgIpc) is 2.17. The van der Waals surface area contributed by atoms with E-state index in [1.54, 1.807) is 21.0 Å². The van der Waals surface area contributed by atoms with E-state index in [1.807, 2.05) is 25.1 Å². The molecule has 0 saturated carbocycles. The first kappa shape index (κ1) is 12.6. The molecule has 3 heteroatoms. The summed E-state index contributed by atoms with van der Waals surface area (Å²) in [6.07, 6.45) is 0.521. The van der Waals surface area contributed by atoms with Crippen molar-refractivity contribution >= 4 is 5.97 Å². The van der Waals surface area contributed by atoms with Crippen molar-refractivity contribution in [1.29, 1.82) is 0 Å². The van der Waals surface area contributed by atoms with Crippen molar-refractivity contribution in [3.8, 4) is 5.75 Å². The molecular formula is C13H18O3. The first-order valence-corrected chi connectivity index (χ1v) is 5.24. The van der Waals surface area contributed by atoms with Crippen molar-refractivity contribution < 1.29 is 14.6 Å². The molecule has 1 aromatic carbocycles. The molecule has 88 valence electrons. The molecular weight excluding hydrogens is 204 g/mol. The maximum absolute atomic E-state index is 11.0. The number of benzene rings is 1. The molecule has 16 heavy (non-hydrogen) atoms. The third kappa shape index (κ3) is 2.75. The summed E-state index contributed by atoms with van der Waals surface area (Å²) < 4.78 is 5.16. The van der Waals surface area contributed by atoms with Gasteiger partial charge in [0.1, 0.15) is 5.75 Å².